The maximum absolute atomic E-state index is 12.7. The van der Waals surface area contributed by atoms with Gasteiger partial charge in [0.15, 0.2) is 0 Å². The van der Waals surface area contributed by atoms with Crippen LogP contribution in [0.15, 0.2) is 24.3 Å². The minimum absolute atomic E-state index is 0.166. The molecule has 0 bridgehead atoms. The quantitative estimate of drug-likeness (QED) is 0.811. The summed E-state index contributed by atoms with van der Waals surface area (Å²) in [5, 5.41) is 8.47. The molecule has 1 aliphatic heterocycles. The van der Waals surface area contributed by atoms with Crippen LogP contribution >= 0.6 is 23.2 Å². The summed E-state index contributed by atoms with van der Waals surface area (Å²) in [6.45, 7) is 7.14. The van der Waals surface area contributed by atoms with Crippen LogP contribution in [0.1, 0.15) is 41.4 Å². The molecule has 0 radical (unpaired) electrons. The highest BCUT2D eigenvalue weighted by atomic mass is 35.5. The lowest BCUT2D eigenvalue weighted by molar-refractivity contribution is 0.0941. The van der Waals surface area contributed by atoms with Crippen molar-refractivity contribution < 1.29 is 4.79 Å². The minimum atomic E-state index is -0.166. The number of hydrogen-bond acceptors (Lipinski definition) is 3. The third-order valence-corrected chi connectivity index (χ3v) is 5.73. The average molecular weight is 395 g/mol. The summed E-state index contributed by atoms with van der Waals surface area (Å²) in [5.74, 6) is -0.166. The number of likely N-dealkylation sites (tertiary alicyclic amines) is 1. The van der Waals surface area contributed by atoms with Crippen molar-refractivity contribution in [3.05, 3.63) is 51.3 Å². The van der Waals surface area contributed by atoms with Crippen molar-refractivity contribution in [1.29, 1.82) is 0 Å². The van der Waals surface area contributed by atoms with Gasteiger partial charge in [0.05, 0.1) is 17.8 Å². The normalized spacial score (nSPS) is 17.6. The van der Waals surface area contributed by atoms with Gasteiger partial charge in [-0.15, -0.1) is 0 Å². The van der Waals surface area contributed by atoms with Gasteiger partial charge >= 0.3 is 0 Å². The van der Waals surface area contributed by atoms with E-state index in [1.165, 1.54) is 6.42 Å². The van der Waals surface area contributed by atoms with E-state index < -0.39 is 0 Å². The summed E-state index contributed by atoms with van der Waals surface area (Å²) in [5.41, 5.74) is 1.98. The molecule has 1 unspecified atom stereocenters. The molecule has 0 saturated carbocycles. The molecule has 1 aliphatic rings. The molecule has 1 fully saturated rings. The summed E-state index contributed by atoms with van der Waals surface area (Å²) in [6.07, 6.45) is 2.30. The fraction of sp³-hybridized carbons (Fsp3) is 0.474. The van der Waals surface area contributed by atoms with Crippen molar-refractivity contribution >= 4 is 29.1 Å². The Morgan fingerprint density at radius 1 is 1.35 bits per heavy atom. The van der Waals surface area contributed by atoms with Gasteiger partial charge in [0.2, 0.25) is 0 Å². The standard InChI is InChI=1S/C19H24Cl2N4O/c1-3-24-10-6-8-15(24)11-22-19(26)17-13(2)23-25(18(17)21)12-14-7-4-5-9-16(14)20/h4-5,7,9,15H,3,6,8,10-12H2,1-2H3,(H,22,26). The van der Waals surface area contributed by atoms with Crippen molar-refractivity contribution in [2.24, 2.45) is 0 Å². The van der Waals surface area contributed by atoms with E-state index in [2.05, 4.69) is 22.2 Å². The number of carbonyl (C=O) groups excluding carboxylic acids is 1. The largest absolute Gasteiger partial charge is 0.350 e. The number of nitrogens with zero attached hydrogens (tertiary/aromatic N) is 3. The van der Waals surface area contributed by atoms with Gasteiger partial charge in [-0.1, -0.05) is 48.3 Å². The Morgan fingerprint density at radius 3 is 2.85 bits per heavy atom. The van der Waals surface area contributed by atoms with Crippen LogP contribution in [-0.2, 0) is 6.54 Å². The molecule has 3 rings (SSSR count). The Bertz CT molecular complexity index is 790. The predicted molar refractivity (Wildman–Crippen MR) is 105 cm³/mol. The molecule has 1 atom stereocenters. The summed E-state index contributed by atoms with van der Waals surface area (Å²) >= 11 is 12.7. The molecule has 26 heavy (non-hydrogen) atoms. The molecular weight excluding hydrogens is 371 g/mol. The molecule has 1 aromatic carbocycles. The first-order valence-corrected chi connectivity index (χ1v) is 9.75. The van der Waals surface area contributed by atoms with E-state index in [0.29, 0.717) is 40.6 Å². The van der Waals surface area contributed by atoms with Gasteiger partial charge in [-0.05, 0) is 44.5 Å². The van der Waals surface area contributed by atoms with Crippen molar-refractivity contribution in [2.75, 3.05) is 19.6 Å². The van der Waals surface area contributed by atoms with E-state index in [9.17, 15) is 4.79 Å². The number of rotatable bonds is 6. The number of nitrogens with one attached hydrogen (secondary N) is 1. The van der Waals surface area contributed by atoms with Crippen LogP contribution in [0, 0.1) is 6.92 Å². The lowest BCUT2D eigenvalue weighted by Crippen LogP contribution is -2.40. The molecule has 140 valence electrons. The summed E-state index contributed by atoms with van der Waals surface area (Å²) < 4.78 is 1.63. The first-order chi connectivity index (χ1) is 12.5. The number of benzene rings is 1. The van der Waals surface area contributed by atoms with E-state index >= 15 is 0 Å². The van der Waals surface area contributed by atoms with Gasteiger partial charge < -0.3 is 5.32 Å². The second kappa shape index (κ2) is 8.42. The molecular formula is C19H24Cl2N4O. The third-order valence-electron chi connectivity index (χ3n) is 4.97. The lowest BCUT2D eigenvalue weighted by Gasteiger charge is -2.22. The lowest BCUT2D eigenvalue weighted by atomic mass is 10.2. The van der Waals surface area contributed by atoms with Crippen molar-refractivity contribution in [3.8, 4) is 0 Å². The zero-order chi connectivity index (χ0) is 18.7. The van der Waals surface area contributed by atoms with Crippen LogP contribution in [0.25, 0.3) is 0 Å². The summed E-state index contributed by atoms with van der Waals surface area (Å²) in [7, 11) is 0. The molecule has 7 heteroatoms. The Hall–Kier alpha value is -1.56. The minimum Gasteiger partial charge on any atom is -0.350 e. The van der Waals surface area contributed by atoms with E-state index in [1.54, 1.807) is 11.6 Å². The van der Waals surface area contributed by atoms with Gasteiger partial charge in [0, 0.05) is 17.6 Å². The van der Waals surface area contributed by atoms with E-state index in [1.807, 2.05) is 24.3 Å². The average Bonchev–Trinajstić information content (AvgIpc) is 3.19. The topological polar surface area (TPSA) is 50.2 Å². The Balaban J connectivity index is 1.71. The highest BCUT2D eigenvalue weighted by Gasteiger charge is 2.25. The second-order valence-electron chi connectivity index (χ2n) is 6.63. The number of aromatic nitrogens is 2. The highest BCUT2D eigenvalue weighted by Crippen LogP contribution is 2.23. The molecule has 1 aromatic heterocycles. The predicted octanol–water partition coefficient (Wildman–Crippen LogP) is 3.76. The maximum Gasteiger partial charge on any atom is 0.256 e. The molecule has 1 N–H and O–H groups in total. The summed E-state index contributed by atoms with van der Waals surface area (Å²) in [4.78, 5) is 15.1. The molecule has 5 nitrogen and oxygen atoms in total. The molecule has 2 aromatic rings. The molecule has 0 spiro atoms. The number of aryl methyl sites for hydroxylation is 1. The van der Waals surface area contributed by atoms with Crippen LogP contribution in [-0.4, -0.2) is 46.3 Å². The van der Waals surface area contributed by atoms with Crippen molar-refractivity contribution in [2.45, 2.75) is 39.3 Å². The number of carbonyl (C=O) groups is 1. The van der Waals surface area contributed by atoms with E-state index in [0.717, 1.165) is 25.1 Å². The molecule has 2 heterocycles. The third kappa shape index (κ3) is 4.05. The van der Waals surface area contributed by atoms with Gasteiger partial charge in [0.1, 0.15) is 5.15 Å². The van der Waals surface area contributed by atoms with Gasteiger partial charge in [0.25, 0.3) is 5.91 Å². The highest BCUT2D eigenvalue weighted by molar-refractivity contribution is 6.33. The Morgan fingerprint density at radius 2 is 2.12 bits per heavy atom. The zero-order valence-corrected chi connectivity index (χ0v) is 16.6. The van der Waals surface area contributed by atoms with E-state index in [-0.39, 0.29) is 5.91 Å². The first kappa shape index (κ1) is 19.2. The Labute approximate surface area is 164 Å². The van der Waals surface area contributed by atoms with Crippen LogP contribution in [0.3, 0.4) is 0 Å². The van der Waals surface area contributed by atoms with Crippen molar-refractivity contribution in [3.63, 3.8) is 0 Å². The first-order valence-electron chi connectivity index (χ1n) is 8.99. The fourth-order valence-electron chi connectivity index (χ4n) is 3.55. The SMILES string of the molecule is CCN1CCCC1CNC(=O)c1c(C)nn(Cc2ccccc2Cl)c1Cl. The molecule has 0 aliphatic carbocycles. The number of amides is 1. The van der Waals surface area contributed by atoms with Gasteiger partial charge in [-0.3, -0.25) is 9.69 Å². The zero-order valence-electron chi connectivity index (χ0n) is 15.1. The second-order valence-corrected chi connectivity index (χ2v) is 7.40. The smallest absolute Gasteiger partial charge is 0.256 e. The maximum atomic E-state index is 12.7. The van der Waals surface area contributed by atoms with Crippen molar-refractivity contribution in [1.82, 2.24) is 20.0 Å². The van der Waals surface area contributed by atoms with Crippen LogP contribution in [0.4, 0.5) is 0 Å². The van der Waals surface area contributed by atoms with Crippen LogP contribution in [0.5, 0.6) is 0 Å². The van der Waals surface area contributed by atoms with Crippen LogP contribution < -0.4 is 5.32 Å². The molecule has 1 amide bonds. The number of likely N-dealkylation sites (N-methyl/N-ethyl adjacent to an activating group) is 1. The number of hydrogen-bond donors (Lipinski definition) is 1. The monoisotopic (exact) mass is 394 g/mol. The van der Waals surface area contributed by atoms with E-state index in [4.69, 9.17) is 23.2 Å². The Kier molecular flexibility index (Phi) is 6.22. The van der Waals surface area contributed by atoms with Gasteiger partial charge in [-0.2, -0.15) is 5.10 Å². The van der Waals surface area contributed by atoms with Crippen LogP contribution in [0.2, 0.25) is 10.2 Å². The number of halogens is 2. The summed E-state index contributed by atoms with van der Waals surface area (Å²) in [6, 6.07) is 7.95. The molecule has 1 saturated heterocycles. The van der Waals surface area contributed by atoms with Gasteiger partial charge in [-0.25, -0.2) is 4.68 Å². The fourth-order valence-corrected chi connectivity index (χ4v) is 4.06.